The third-order valence-corrected chi connectivity index (χ3v) is 1.27. The second-order valence-corrected chi connectivity index (χ2v) is 3.79. The van der Waals surface area contributed by atoms with Gasteiger partial charge in [-0.25, -0.2) is 0 Å². The van der Waals surface area contributed by atoms with Gasteiger partial charge < -0.3 is 9.84 Å². The van der Waals surface area contributed by atoms with Crippen LogP contribution >= 0.6 is 10.7 Å². The van der Waals surface area contributed by atoms with Crippen molar-refractivity contribution in [3.05, 3.63) is 11.4 Å². The molecule has 0 aromatic carbocycles. The number of halogens is 1. The summed E-state index contributed by atoms with van der Waals surface area (Å²) in [6.45, 7) is 0. The molecule has 0 radical (unpaired) electrons. The normalized spacial score (nSPS) is 15.6. The fourth-order valence-electron chi connectivity index (χ4n) is 0.187. The van der Waals surface area contributed by atoms with E-state index in [0.29, 0.717) is 0 Å². The average Bonchev–Trinajstić information content (AvgIpc) is 1.65. The lowest BCUT2D eigenvalue weighted by molar-refractivity contribution is 0.137. The van der Waals surface area contributed by atoms with E-state index in [1.54, 1.807) is 6.26 Å². The summed E-state index contributed by atoms with van der Waals surface area (Å²) in [5, 5.41) is 10.0. The van der Waals surface area contributed by atoms with Gasteiger partial charge in [0.1, 0.15) is 16.4 Å². The zero-order chi connectivity index (χ0) is 6.57. The first-order valence-corrected chi connectivity index (χ1v) is 4.45. The van der Waals surface area contributed by atoms with Crippen LogP contribution in [0.25, 0.3) is 0 Å². The van der Waals surface area contributed by atoms with Crippen LogP contribution in [0.2, 0.25) is 0 Å². The summed E-state index contributed by atoms with van der Waals surface area (Å²) in [5.74, 6) is -0.120. The van der Waals surface area contributed by atoms with Crippen LogP contribution in [-0.4, -0.2) is 18.5 Å². The maximum absolute atomic E-state index is 8.59. The van der Waals surface area contributed by atoms with Gasteiger partial charge in [0.25, 0.3) is 0 Å². The van der Waals surface area contributed by atoms with E-state index in [2.05, 4.69) is 4.74 Å². The molecule has 0 aromatic heterocycles. The maximum Gasteiger partial charge on any atom is 0.328 e. The molecule has 0 heterocycles. The van der Waals surface area contributed by atoms with Crippen LogP contribution in [0.5, 0.6) is 0 Å². The molecular formula is C4H8ClO2S+. The Hall–Kier alpha value is -0.0200. The third-order valence-electron chi connectivity index (χ3n) is 0.472. The van der Waals surface area contributed by atoms with E-state index in [1.807, 2.05) is 0 Å². The average molecular weight is 156 g/mol. The molecule has 0 rings (SSSR count). The summed E-state index contributed by atoms with van der Waals surface area (Å²) in [5.41, 5.74) is 0. The van der Waals surface area contributed by atoms with E-state index >= 15 is 0 Å². The van der Waals surface area contributed by atoms with E-state index in [-0.39, 0.29) is 5.95 Å². The monoisotopic (exact) mass is 155 g/mol. The summed E-state index contributed by atoms with van der Waals surface area (Å²) in [6.07, 6.45) is 1.76. The topological polar surface area (TPSA) is 29.5 Å². The summed E-state index contributed by atoms with van der Waals surface area (Å²) in [7, 11) is 6.44. The number of aliphatic hydroxyl groups is 1. The molecule has 0 bridgehead atoms. The van der Waals surface area contributed by atoms with Crippen LogP contribution in [0, 0.1) is 0 Å². The Balaban J connectivity index is 3.56. The lowest BCUT2D eigenvalue weighted by Crippen LogP contribution is -1.87. The fraction of sp³-hybridized carbons (Fsp3) is 0.500. The van der Waals surface area contributed by atoms with Crippen molar-refractivity contribution in [1.29, 1.82) is 0 Å². The largest absolute Gasteiger partial charge is 0.478 e. The van der Waals surface area contributed by atoms with E-state index in [4.69, 9.17) is 15.8 Å². The minimum Gasteiger partial charge on any atom is -0.478 e. The van der Waals surface area contributed by atoms with Gasteiger partial charge in [-0.1, -0.05) is 0 Å². The van der Waals surface area contributed by atoms with Crippen LogP contribution in [0.4, 0.5) is 0 Å². The third kappa shape index (κ3) is 4.15. The van der Waals surface area contributed by atoms with Crippen LogP contribution in [0.1, 0.15) is 0 Å². The van der Waals surface area contributed by atoms with E-state index in [0.717, 1.165) is 0 Å². The van der Waals surface area contributed by atoms with Crippen LogP contribution in [0.3, 0.4) is 0 Å². The number of rotatable bonds is 2. The van der Waals surface area contributed by atoms with Gasteiger partial charge in [-0.15, -0.1) is 0 Å². The zero-order valence-corrected chi connectivity index (χ0v) is 6.29. The predicted molar refractivity (Wildman–Crippen MR) is 36.9 cm³/mol. The second-order valence-electron chi connectivity index (χ2n) is 1.14. The van der Waals surface area contributed by atoms with Crippen molar-refractivity contribution in [3.8, 4) is 0 Å². The Morgan fingerprint density at radius 2 is 2.38 bits per heavy atom. The highest BCUT2D eigenvalue weighted by Crippen LogP contribution is 2.02. The number of methoxy groups -OCH3 is 1. The first-order chi connectivity index (χ1) is 3.66. The molecule has 0 fully saturated rings. The lowest BCUT2D eigenvalue weighted by atomic mass is 11.0. The molecule has 0 aliphatic rings. The molecule has 0 amide bonds. The Morgan fingerprint density at radius 3 is 2.50 bits per heavy atom. The van der Waals surface area contributed by atoms with E-state index in [1.165, 1.54) is 12.5 Å². The van der Waals surface area contributed by atoms with Gasteiger partial charge in [0.2, 0.25) is 5.41 Å². The Morgan fingerprint density at radius 1 is 1.88 bits per heavy atom. The Kier molecular flexibility index (Phi) is 3.91. The number of aliphatic hydroxyl groups excluding tert-OH is 1. The zero-order valence-electron chi connectivity index (χ0n) is 4.72. The van der Waals surface area contributed by atoms with E-state index < -0.39 is 10.1 Å². The van der Waals surface area contributed by atoms with Gasteiger partial charge in [-0.2, -0.15) is 0 Å². The van der Waals surface area contributed by atoms with Crippen molar-refractivity contribution >= 4 is 20.8 Å². The molecule has 0 aliphatic heterocycles. The number of hydrogen-bond donors (Lipinski definition) is 1. The molecule has 2 nitrogen and oxygen atoms in total. The quantitative estimate of drug-likeness (QED) is 0.483. The van der Waals surface area contributed by atoms with Crippen molar-refractivity contribution in [2.24, 2.45) is 0 Å². The minimum atomic E-state index is -0.410. The standard InChI is InChI=1S/C4H7ClO2S/c1-7-4(6)3-8(2)5/h3H,1-2H3/p+1/b4-3+. The van der Waals surface area contributed by atoms with Gasteiger partial charge in [-0.3, -0.25) is 0 Å². The fourth-order valence-corrected chi connectivity index (χ4v) is 0.790. The molecule has 1 unspecified atom stereocenters. The number of hydrogen-bond acceptors (Lipinski definition) is 2. The second kappa shape index (κ2) is 3.92. The Bertz CT molecular complexity index is 92.0. The minimum absolute atomic E-state index is 0.120. The van der Waals surface area contributed by atoms with Crippen molar-refractivity contribution in [2.45, 2.75) is 0 Å². The van der Waals surface area contributed by atoms with Gasteiger partial charge in [0.15, 0.2) is 10.7 Å². The highest BCUT2D eigenvalue weighted by Gasteiger charge is 2.04. The van der Waals surface area contributed by atoms with E-state index in [9.17, 15) is 0 Å². The predicted octanol–water partition coefficient (Wildman–Crippen LogP) is 1.39. The molecule has 0 spiro atoms. The van der Waals surface area contributed by atoms with Crippen molar-refractivity contribution < 1.29 is 9.84 Å². The van der Waals surface area contributed by atoms with Gasteiger partial charge in [0.05, 0.1) is 7.11 Å². The summed E-state index contributed by atoms with van der Waals surface area (Å²) in [6, 6.07) is 0. The van der Waals surface area contributed by atoms with Gasteiger partial charge in [0, 0.05) is 0 Å². The molecule has 48 valence electrons. The highest BCUT2D eigenvalue weighted by atomic mass is 35.7. The smallest absolute Gasteiger partial charge is 0.328 e. The van der Waals surface area contributed by atoms with Gasteiger partial charge in [-0.05, 0) is 0 Å². The highest BCUT2D eigenvalue weighted by molar-refractivity contribution is 8.20. The summed E-state index contributed by atoms with van der Waals surface area (Å²) in [4.78, 5) is 0. The Labute approximate surface area is 56.0 Å². The molecule has 1 N–H and O–H groups in total. The molecule has 0 saturated heterocycles. The summed E-state index contributed by atoms with van der Waals surface area (Å²) >= 11 is 0. The van der Waals surface area contributed by atoms with Crippen molar-refractivity contribution in [1.82, 2.24) is 0 Å². The summed E-state index contributed by atoms with van der Waals surface area (Å²) < 4.78 is 4.40. The molecule has 8 heavy (non-hydrogen) atoms. The molecule has 4 heteroatoms. The number of ether oxygens (including phenoxy) is 1. The first-order valence-electron chi connectivity index (χ1n) is 1.92. The molecular weight excluding hydrogens is 148 g/mol. The van der Waals surface area contributed by atoms with Crippen LogP contribution in [-0.2, 0) is 14.8 Å². The van der Waals surface area contributed by atoms with Gasteiger partial charge >= 0.3 is 5.95 Å². The molecule has 0 aliphatic carbocycles. The maximum atomic E-state index is 8.59. The molecule has 0 aromatic rings. The van der Waals surface area contributed by atoms with Crippen LogP contribution in [0.15, 0.2) is 11.4 Å². The van der Waals surface area contributed by atoms with Crippen LogP contribution < -0.4 is 0 Å². The molecule has 1 atom stereocenters. The van der Waals surface area contributed by atoms with Crippen molar-refractivity contribution in [2.75, 3.05) is 13.4 Å². The SMILES string of the molecule is CO/C(O)=C/[S+](C)Cl. The lowest BCUT2D eigenvalue weighted by Gasteiger charge is -1.89. The first kappa shape index (κ1) is 7.98. The molecule has 0 saturated carbocycles. The van der Waals surface area contributed by atoms with Crippen molar-refractivity contribution in [3.63, 3.8) is 0 Å².